The number of nitrogens with zero attached hydrogens (tertiary/aromatic N) is 3. The lowest BCUT2D eigenvalue weighted by Crippen LogP contribution is -2.22. The van der Waals surface area contributed by atoms with Gasteiger partial charge in [0.25, 0.3) is 0 Å². The van der Waals surface area contributed by atoms with Crippen molar-refractivity contribution in [3.63, 3.8) is 0 Å². The Hall–Kier alpha value is -1.69. The second-order valence-electron chi connectivity index (χ2n) is 4.09. The van der Waals surface area contributed by atoms with Gasteiger partial charge in [0, 0.05) is 19.3 Å². The van der Waals surface area contributed by atoms with Crippen molar-refractivity contribution in [3.8, 4) is 0 Å². The molecule has 1 aliphatic heterocycles. The Balaban J connectivity index is 1.87. The molecule has 2 aromatic rings. The zero-order valence-electron chi connectivity index (χ0n) is 9.04. The van der Waals surface area contributed by atoms with Crippen LogP contribution in [0.25, 0.3) is 10.3 Å². The van der Waals surface area contributed by atoms with Crippen molar-refractivity contribution >= 4 is 32.8 Å². The van der Waals surface area contributed by atoms with Crippen LogP contribution in [0.15, 0.2) is 18.3 Å². The van der Waals surface area contributed by atoms with Crippen LogP contribution in [0, 0.1) is 5.92 Å². The van der Waals surface area contributed by atoms with Crippen LogP contribution in [-0.4, -0.2) is 34.1 Å². The monoisotopic (exact) mass is 249 g/mol. The van der Waals surface area contributed by atoms with Crippen LogP contribution in [0.2, 0.25) is 0 Å². The van der Waals surface area contributed by atoms with Crippen molar-refractivity contribution in [3.05, 3.63) is 18.3 Å². The number of rotatable bonds is 2. The summed E-state index contributed by atoms with van der Waals surface area (Å²) in [5.41, 5.74) is 0.881. The lowest BCUT2D eigenvalue weighted by molar-refractivity contribution is -0.140. The number of pyridine rings is 1. The third-order valence-electron chi connectivity index (χ3n) is 2.96. The predicted molar refractivity (Wildman–Crippen MR) is 65.4 cm³/mol. The molecule has 5 nitrogen and oxygen atoms in total. The maximum Gasteiger partial charge on any atom is 0.308 e. The van der Waals surface area contributed by atoms with Gasteiger partial charge in [-0.15, -0.1) is 0 Å². The number of hydrogen-bond donors (Lipinski definition) is 1. The van der Waals surface area contributed by atoms with E-state index < -0.39 is 5.97 Å². The lowest BCUT2D eigenvalue weighted by atomic mass is 10.1. The van der Waals surface area contributed by atoms with Crippen LogP contribution >= 0.6 is 11.3 Å². The molecule has 1 atom stereocenters. The minimum absolute atomic E-state index is 0.269. The number of fused-ring (bicyclic) bond motifs is 1. The fraction of sp³-hybridized carbons (Fsp3) is 0.364. The highest BCUT2D eigenvalue weighted by molar-refractivity contribution is 7.21. The van der Waals surface area contributed by atoms with E-state index in [0.29, 0.717) is 13.0 Å². The minimum Gasteiger partial charge on any atom is -0.481 e. The number of carboxylic acids is 1. The number of aliphatic carboxylic acids is 1. The molecule has 88 valence electrons. The number of anilines is 1. The first-order valence-corrected chi connectivity index (χ1v) is 6.25. The molecule has 0 saturated carbocycles. The number of aromatic nitrogens is 2. The van der Waals surface area contributed by atoms with Crippen LogP contribution in [-0.2, 0) is 4.79 Å². The summed E-state index contributed by atoms with van der Waals surface area (Å²) in [6.07, 6.45) is 2.44. The van der Waals surface area contributed by atoms with Crippen molar-refractivity contribution < 1.29 is 9.90 Å². The number of hydrogen-bond acceptors (Lipinski definition) is 5. The molecule has 3 rings (SSSR count). The summed E-state index contributed by atoms with van der Waals surface area (Å²) >= 11 is 1.52. The zero-order chi connectivity index (χ0) is 11.8. The summed E-state index contributed by atoms with van der Waals surface area (Å²) in [6, 6.07) is 3.78. The van der Waals surface area contributed by atoms with Gasteiger partial charge in [-0.05, 0) is 18.6 Å². The van der Waals surface area contributed by atoms with Gasteiger partial charge in [0.1, 0.15) is 10.3 Å². The van der Waals surface area contributed by atoms with Gasteiger partial charge in [0.15, 0.2) is 5.13 Å². The Morgan fingerprint density at radius 1 is 1.59 bits per heavy atom. The van der Waals surface area contributed by atoms with E-state index in [1.807, 2.05) is 17.0 Å². The van der Waals surface area contributed by atoms with Crippen LogP contribution in [0.3, 0.4) is 0 Å². The highest BCUT2D eigenvalue weighted by Crippen LogP contribution is 2.30. The Morgan fingerprint density at radius 2 is 2.47 bits per heavy atom. The summed E-state index contributed by atoms with van der Waals surface area (Å²) in [6.45, 7) is 1.31. The van der Waals surface area contributed by atoms with E-state index in [-0.39, 0.29) is 5.92 Å². The van der Waals surface area contributed by atoms with Crippen LogP contribution in [0.1, 0.15) is 6.42 Å². The molecule has 6 heteroatoms. The SMILES string of the molecule is O=C(O)C1CCN(c2nc3cccnc3s2)C1. The van der Waals surface area contributed by atoms with Gasteiger partial charge < -0.3 is 10.0 Å². The fourth-order valence-electron chi connectivity index (χ4n) is 2.03. The van der Waals surface area contributed by atoms with E-state index in [0.717, 1.165) is 22.0 Å². The highest BCUT2D eigenvalue weighted by atomic mass is 32.1. The van der Waals surface area contributed by atoms with Crippen molar-refractivity contribution in [2.24, 2.45) is 5.92 Å². The smallest absolute Gasteiger partial charge is 0.308 e. The molecular weight excluding hydrogens is 238 g/mol. The predicted octanol–water partition coefficient (Wildman–Crippen LogP) is 1.60. The summed E-state index contributed by atoms with van der Waals surface area (Å²) in [5.74, 6) is -0.985. The molecular formula is C11H11N3O2S. The van der Waals surface area contributed by atoms with Gasteiger partial charge in [0.05, 0.1) is 5.92 Å². The average Bonchev–Trinajstić information content (AvgIpc) is 2.95. The molecule has 0 amide bonds. The number of carboxylic acid groups (broad SMARTS) is 1. The molecule has 1 N–H and O–H groups in total. The maximum atomic E-state index is 10.9. The van der Waals surface area contributed by atoms with Crippen LogP contribution in [0.4, 0.5) is 5.13 Å². The van der Waals surface area contributed by atoms with Crippen molar-refractivity contribution in [1.29, 1.82) is 0 Å². The molecule has 0 radical (unpaired) electrons. The molecule has 1 fully saturated rings. The Bertz CT molecular complexity index is 536. The van der Waals surface area contributed by atoms with E-state index >= 15 is 0 Å². The summed E-state index contributed by atoms with van der Waals surface area (Å²) in [5, 5.41) is 9.84. The molecule has 0 bridgehead atoms. The molecule has 1 saturated heterocycles. The van der Waals surface area contributed by atoms with Gasteiger partial charge in [-0.1, -0.05) is 11.3 Å². The third kappa shape index (κ3) is 1.84. The maximum absolute atomic E-state index is 10.9. The van der Waals surface area contributed by atoms with E-state index in [2.05, 4.69) is 9.97 Å². The van der Waals surface area contributed by atoms with Crippen molar-refractivity contribution in [2.45, 2.75) is 6.42 Å². The summed E-state index contributed by atoms with van der Waals surface area (Å²) in [4.78, 5) is 22.5. The van der Waals surface area contributed by atoms with E-state index in [4.69, 9.17) is 5.11 Å². The topological polar surface area (TPSA) is 66.3 Å². The van der Waals surface area contributed by atoms with E-state index in [1.54, 1.807) is 6.20 Å². The quantitative estimate of drug-likeness (QED) is 0.875. The third-order valence-corrected chi connectivity index (χ3v) is 4.00. The molecule has 17 heavy (non-hydrogen) atoms. The van der Waals surface area contributed by atoms with Gasteiger partial charge in [-0.2, -0.15) is 0 Å². The Kier molecular flexibility index (Phi) is 2.44. The standard InChI is InChI=1S/C11H11N3O2S/c15-10(16)7-3-5-14(6-7)11-13-8-2-1-4-12-9(8)17-11/h1-2,4,7H,3,5-6H2,(H,15,16). The fourth-order valence-corrected chi connectivity index (χ4v) is 2.97. The van der Waals surface area contributed by atoms with Gasteiger partial charge in [-0.25, -0.2) is 9.97 Å². The van der Waals surface area contributed by atoms with Crippen molar-refractivity contribution in [2.75, 3.05) is 18.0 Å². The minimum atomic E-state index is -0.716. The molecule has 1 aliphatic rings. The molecule has 2 aromatic heterocycles. The van der Waals surface area contributed by atoms with Crippen molar-refractivity contribution in [1.82, 2.24) is 9.97 Å². The van der Waals surface area contributed by atoms with Crippen LogP contribution < -0.4 is 4.90 Å². The molecule has 0 spiro atoms. The first kappa shape index (κ1) is 10.5. The summed E-state index contributed by atoms with van der Waals surface area (Å²) < 4.78 is 0. The number of carbonyl (C=O) groups is 1. The second kappa shape index (κ2) is 3.96. The van der Waals surface area contributed by atoms with E-state index in [1.165, 1.54) is 11.3 Å². The van der Waals surface area contributed by atoms with Gasteiger partial charge in [-0.3, -0.25) is 4.79 Å². The molecule has 0 aromatic carbocycles. The van der Waals surface area contributed by atoms with Gasteiger partial charge in [0.2, 0.25) is 0 Å². The Labute approximate surface area is 102 Å². The van der Waals surface area contributed by atoms with Crippen LogP contribution in [0.5, 0.6) is 0 Å². The lowest BCUT2D eigenvalue weighted by Gasteiger charge is -2.12. The second-order valence-corrected chi connectivity index (χ2v) is 5.05. The molecule has 1 unspecified atom stereocenters. The largest absolute Gasteiger partial charge is 0.481 e. The zero-order valence-corrected chi connectivity index (χ0v) is 9.85. The normalized spacial score (nSPS) is 20.0. The average molecular weight is 249 g/mol. The first-order chi connectivity index (χ1) is 8.24. The highest BCUT2D eigenvalue weighted by Gasteiger charge is 2.29. The van der Waals surface area contributed by atoms with Gasteiger partial charge >= 0.3 is 5.97 Å². The molecule has 0 aliphatic carbocycles. The molecule has 3 heterocycles. The Morgan fingerprint density at radius 3 is 3.18 bits per heavy atom. The summed E-state index contributed by atoms with van der Waals surface area (Å²) in [7, 11) is 0. The first-order valence-electron chi connectivity index (χ1n) is 5.43. The number of thiazole rings is 1. The van der Waals surface area contributed by atoms with E-state index in [9.17, 15) is 4.79 Å².